The fraction of sp³-hybridized carbons (Fsp3) is 0.312. The molecule has 1 aromatic heterocycles. The summed E-state index contributed by atoms with van der Waals surface area (Å²) in [4.78, 5) is 19.7. The van der Waals surface area contributed by atoms with Crippen molar-refractivity contribution in [1.29, 1.82) is 0 Å². The molecule has 0 spiro atoms. The van der Waals surface area contributed by atoms with Crippen molar-refractivity contribution in [3.63, 3.8) is 0 Å². The van der Waals surface area contributed by atoms with Gasteiger partial charge in [-0.05, 0) is 38.1 Å². The summed E-state index contributed by atoms with van der Waals surface area (Å²) in [7, 11) is 0. The summed E-state index contributed by atoms with van der Waals surface area (Å²) < 4.78 is 50.7. The Morgan fingerprint density at radius 1 is 1.23 bits per heavy atom. The van der Waals surface area contributed by atoms with E-state index in [0.717, 1.165) is 6.20 Å². The zero-order valence-electron chi connectivity index (χ0n) is 13.9. The molecule has 2 aromatic rings. The molecule has 0 radical (unpaired) electrons. The minimum absolute atomic E-state index is 0. The molecule has 0 saturated heterocycles. The number of nitrogens with one attached hydrogen (secondary N) is 2. The van der Waals surface area contributed by atoms with E-state index in [1.807, 2.05) is 0 Å². The monoisotopic (exact) mass is 376 g/mol. The van der Waals surface area contributed by atoms with Crippen LogP contribution in [0.4, 0.5) is 23.4 Å². The molecule has 1 heterocycles. The molecule has 0 fully saturated rings. The van der Waals surface area contributed by atoms with Crippen LogP contribution in [0, 0.1) is 5.82 Å². The van der Waals surface area contributed by atoms with Crippen molar-refractivity contribution in [2.24, 2.45) is 0 Å². The SMILES string of the molecule is CC(C)(Nc1nc(-c2ccc(O)cc2)ncc1F)C(=O)NCC(F)(F)F.[HH].[HH]. The van der Waals surface area contributed by atoms with Gasteiger partial charge in [-0.15, -0.1) is 0 Å². The lowest BCUT2D eigenvalue weighted by atomic mass is 10.0. The summed E-state index contributed by atoms with van der Waals surface area (Å²) in [5.41, 5.74) is -1.09. The van der Waals surface area contributed by atoms with Crippen molar-refractivity contribution in [1.82, 2.24) is 15.3 Å². The van der Waals surface area contributed by atoms with Gasteiger partial charge >= 0.3 is 6.18 Å². The van der Waals surface area contributed by atoms with Crippen molar-refractivity contribution >= 4 is 11.7 Å². The highest BCUT2D eigenvalue weighted by molar-refractivity contribution is 5.88. The zero-order valence-corrected chi connectivity index (χ0v) is 13.9. The van der Waals surface area contributed by atoms with E-state index in [4.69, 9.17) is 0 Å². The Labute approximate surface area is 149 Å². The highest BCUT2D eigenvalue weighted by atomic mass is 19.4. The lowest BCUT2D eigenvalue weighted by Gasteiger charge is -2.26. The largest absolute Gasteiger partial charge is 0.508 e. The number of phenols is 1. The molecule has 2 rings (SSSR count). The number of benzene rings is 1. The van der Waals surface area contributed by atoms with Gasteiger partial charge in [-0.3, -0.25) is 4.79 Å². The molecule has 0 atom stereocenters. The van der Waals surface area contributed by atoms with Gasteiger partial charge in [-0.1, -0.05) is 0 Å². The molecular formula is C16H20F4N4O2. The topological polar surface area (TPSA) is 87.1 Å². The minimum atomic E-state index is -4.56. The van der Waals surface area contributed by atoms with E-state index in [0.29, 0.717) is 5.56 Å². The van der Waals surface area contributed by atoms with Gasteiger partial charge in [-0.25, -0.2) is 14.4 Å². The lowest BCUT2D eigenvalue weighted by Crippen LogP contribution is -2.50. The number of halogens is 4. The third-order valence-corrected chi connectivity index (χ3v) is 3.32. The van der Waals surface area contributed by atoms with Crippen LogP contribution in [0.5, 0.6) is 5.75 Å². The van der Waals surface area contributed by atoms with Crippen LogP contribution in [0.1, 0.15) is 16.7 Å². The van der Waals surface area contributed by atoms with Gasteiger partial charge in [0.05, 0.1) is 6.20 Å². The van der Waals surface area contributed by atoms with Crippen LogP contribution in [-0.4, -0.2) is 39.2 Å². The number of hydrogen-bond donors (Lipinski definition) is 3. The summed E-state index contributed by atoms with van der Waals surface area (Å²) in [5, 5.41) is 13.5. The molecule has 26 heavy (non-hydrogen) atoms. The number of anilines is 1. The van der Waals surface area contributed by atoms with Gasteiger partial charge in [0.15, 0.2) is 17.5 Å². The fourth-order valence-electron chi connectivity index (χ4n) is 1.96. The molecule has 0 saturated carbocycles. The maximum absolute atomic E-state index is 14.0. The Bertz CT molecular complexity index is 802. The van der Waals surface area contributed by atoms with Crippen molar-refractivity contribution in [3.05, 3.63) is 36.3 Å². The number of hydrogen-bond acceptors (Lipinski definition) is 5. The van der Waals surface area contributed by atoms with Gasteiger partial charge in [0.1, 0.15) is 17.8 Å². The van der Waals surface area contributed by atoms with E-state index < -0.39 is 30.0 Å². The van der Waals surface area contributed by atoms with Crippen LogP contribution in [0.25, 0.3) is 11.4 Å². The van der Waals surface area contributed by atoms with Crippen molar-refractivity contribution < 1.29 is 30.3 Å². The highest BCUT2D eigenvalue weighted by Crippen LogP contribution is 2.23. The van der Waals surface area contributed by atoms with Crippen molar-refractivity contribution in [2.45, 2.75) is 25.6 Å². The molecule has 1 aromatic carbocycles. The number of carbonyl (C=O) groups excluding carboxylic acids is 1. The van der Waals surface area contributed by atoms with E-state index in [9.17, 15) is 27.5 Å². The smallest absolute Gasteiger partial charge is 0.405 e. The summed E-state index contributed by atoms with van der Waals surface area (Å²) in [6, 6.07) is 5.80. The third-order valence-electron chi connectivity index (χ3n) is 3.32. The molecular weight excluding hydrogens is 356 g/mol. The van der Waals surface area contributed by atoms with E-state index >= 15 is 0 Å². The van der Waals surface area contributed by atoms with Gasteiger partial charge in [0.2, 0.25) is 5.91 Å². The van der Waals surface area contributed by atoms with Crippen LogP contribution in [0.3, 0.4) is 0 Å². The first-order valence-electron chi connectivity index (χ1n) is 7.43. The molecule has 6 nitrogen and oxygen atoms in total. The normalized spacial score (nSPS) is 11.9. The molecule has 0 aliphatic rings. The molecule has 10 heteroatoms. The number of rotatable bonds is 5. The average Bonchev–Trinajstić information content (AvgIpc) is 2.54. The van der Waals surface area contributed by atoms with Crippen LogP contribution in [0.2, 0.25) is 0 Å². The van der Waals surface area contributed by atoms with Gasteiger partial charge in [-0.2, -0.15) is 13.2 Å². The fourth-order valence-corrected chi connectivity index (χ4v) is 1.96. The van der Waals surface area contributed by atoms with E-state index in [1.54, 1.807) is 5.32 Å². The summed E-state index contributed by atoms with van der Waals surface area (Å²) >= 11 is 0. The zero-order chi connectivity index (χ0) is 19.5. The Balaban J connectivity index is 0.00000364. The predicted molar refractivity (Wildman–Crippen MR) is 90.1 cm³/mol. The van der Waals surface area contributed by atoms with Crippen molar-refractivity contribution in [3.8, 4) is 17.1 Å². The molecule has 0 aliphatic heterocycles. The number of alkyl halides is 3. The second-order valence-corrected chi connectivity index (χ2v) is 5.98. The van der Waals surface area contributed by atoms with Crippen molar-refractivity contribution in [2.75, 3.05) is 11.9 Å². The summed E-state index contributed by atoms with van der Waals surface area (Å²) in [6.45, 7) is 1.09. The van der Waals surface area contributed by atoms with E-state index in [1.165, 1.54) is 38.1 Å². The maximum atomic E-state index is 14.0. The summed E-state index contributed by atoms with van der Waals surface area (Å²) in [5.74, 6) is -2.05. The highest BCUT2D eigenvalue weighted by Gasteiger charge is 2.33. The first-order valence-corrected chi connectivity index (χ1v) is 7.43. The van der Waals surface area contributed by atoms with E-state index in [-0.39, 0.29) is 20.2 Å². The molecule has 0 bridgehead atoms. The Hall–Kier alpha value is -2.91. The van der Waals surface area contributed by atoms with Gasteiger partial charge < -0.3 is 15.7 Å². The average molecular weight is 376 g/mol. The Morgan fingerprint density at radius 2 is 1.85 bits per heavy atom. The number of nitrogens with zero attached hydrogens (tertiary/aromatic N) is 2. The second kappa shape index (κ2) is 7.14. The molecule has 3 N–H and O–H groups in total. The van der Waals surface area contributed by atoms with Crippen LogP contribution < -0.4 is 10.6 Å². The molecule has 1 amide bonds. The van der Waals surface area contributed by atoms with Gasteiger partial charge in [0.25, 0.3) is 0 Å². The van der Waals surface area contributed by atoms with Gasteiger partial charge in [0, 0.05) is 8.42 Å². The standard InChI is InChI=1S/C16H16F4N4O2.2H2/c1-15(2,14(26)22-8-16(18,19)20)24-13-11(17)7-21-12(23-13)9-3-5-10(25)6-4-9;;/h3-7,25H,8H2,1-2H3,(H,22,26)(H,21,23,24);2*1H. The number of amides is 1. The second-order valence-electron chi connectivity index (χ2n) is 5.98. The van der Waals surface area contributed by atoms with E-state index in [2.05, 4.69) is 15.3 Å². The van der Waals surface area contributed by atoms with Crippen LogP contribution >= 0.6 is 0 Å². The molecule has 0 unspecified atom stereocenters. The lowest BCUT2D eigenvalue weighted by molar-refractivity contribution is -0.140. The minimum Gasteiger partial charge on any atom is -0.508 e. The summed E-state index contributed by atoms with van der Waals surface area (Å²) in [6.07, 6.45) is -3.68. The van der Waals surface area contributed by atoms with Crippen LogP contribution in [0.15, 0.2) is 30.5 Å². The molecule has 0 aliphatic carbocycles. The maximum Gasteiger partial charge on any atom is 0.405 e. The first kappa shape index (κ1) is 19.4. The Morgan fingerprint density at radius 3 is 2.42 bits per heavy atom. The number of phenolic OH excluding ortho intramolecular Hbond substituents is 1. The first-order chi connectivity index (χ1) is 12.0. The Kier molecular flexibility index (Phi) is 5.33. The van der Waals surface area contributed by atoms with Crippen LogP contribution in [-0.2, 0) is 4.79 Å². The number of aromatic hydroxyl groups is 1. The number of aromatic nitrogens is 2. The number of carbonyl (C=O) groups is 1. The third kappa shape index (κ3) is 5.04. The molecule has 144 valence electrons. The quantitative estimate of drug-likeness (QED) is 0.697. The predicted octanol–water partition coefficient (Wildman–Crippen LogP) is 3.35.